The fourth-order valence-electron chi connectivity index (χ4n) is 2.63. The summed E-state index contributed by atoms with van der Waals surface area (Å²) in [5.41, 5.74) is 7.90. The molecule has 94 valence electrons. The summed E-state index contributed by atoms with van der Waals surface area (Å²) in [7, 11) is 0. The molecule has 3 rings (SSSR count). The van der Waals surface area contributed by atoms with Gasteiger partial charge >= 0.3 is 0 Å². The Balaban J connectivity index is 1.94. The first-order valence-electron chi connectivity index (χ1n) is 6.48. The molecule has 2 N–H and O–H groups in total. The zero-order valence-corrected chi connectivity index (χ0v) is 10.6. The highest BCUT2D eigenvalue weighted by Gasteiger charge is 2.24. The van der Waals surface area contributed by atoms with E-state index in [1.807, 2.05) is 30.5 Å². The van der Waals surface area contributed by atoms with Crippen LogP contribution in [0.1, 0.15) is 19.8 Å². The molecule has 1 fully saturated rings. The summed E-state index contributed by atoms with van der Waals surface area (Å²) >= 11 is 0. The topological polar surface area (TPSA) is 55.0 Å². The van der Waals surface area contributed by atoms with Gasteiger partial charge in [0.1, 0.15) is 5.82 Å². The van der Waals surface area contributed by atoms with Crippen molar-refractivity contribution in [3.05, 3.63) is 30.5 Å². The fraction of sp³-hybridized carbons (Fsp3) is 0.429. The number of nitrogens with two attached hydrogens (primary N) is 1. The monoisotopic (exact) mass is 242 g/mol. The average Bonchev–Trinajstić information content (AvgIpc) is 2.38. The van der Waals surface area contributed by atoms with Gasteiger partial charge in [0.05, 0.1) is 17.2 Å². The van der Waals surface area contributed by atoms with Crippen LogP contribution in [0.4, 0.5) is 5.82 Å². The number of hydrogen-bond acceptors (Lipinski definition) is 4. The molecular formula is C14H18N4. The molecule has 0 saturated carbocycles. The molecule has 2 unspecified atom stereocenters. The number of rotatable bonds is 1. The van der Waals surface area contributed by atoms with Gasteiger partial charge in [-0.2, -0.15) is 0 Å². The zero-order chi connectivity index (χ0) is 12.5. The molecule has 0 amide bonds. The van der Waals surface area contributed by atoms with Crippen LogP contribution in [0.3, 0.4) is 0 Å². The smallest absolute Gasteiger partial charge is 0.148 e. The van der Waals surface area contributed by atoms with Gasteiger partial charge in [0.15, 0.2) is 0 Å². The number of benzene rings is 1. The van der Waals surface area contributed by atoms with E-state index in [1.165, 1.54) is 0 Å². The third-order valence-corrected chi connectivity index (χ3v) is 3.65. The van der Waals surface area contributed by atoms with Gasteiger partial charge in [-0.05, 0) is 31.9 Å². The molecule has 0 aliphatic carbocycles. The van der Waals surface area contributed by atoms with Crippen LogP contribution in [0.5, 0.6) is 0 Å². The van der Waals surface area contributed by atoms with E-state index in [-0.39, 0.29) is 0 Å². The van der Waals surface area contributed by atoms with Crippen LogP contribution in [-0.2, 0) is 0 Å². The Labute approximate surface area is 107 Å². The van der Waals surface area contributed by atoms with E-state index >= 15 is 0 Å². The summed E-state index contributed by atoms with van der Waals surface area (Å²) in [4.78, 5) is 11.5. The summed E-state index contributed by atoms with van der Waals surface area (Å²) in [5.74, 6) is 0.966. The lowest BCUT2D eigenvalue weighted by molar-refractivity contribution is 0.427. The number of aromatic nitrogens is 2. The highest BCUT2D eigenvalue weighted by atomic mass is 15.2. The molecule has 1 aromatic carbocycles. The van der Waals surface area contributed by atoms with E-state index in [4.69, 9.17) is 10.7 Å². The SMILES string of the molecule is CC1CC(N)CCN1c1cnc2ccccc2n1. The first-order chi connectivity index (χ1) is 8.74. The minimum atomic E-state index is 0.324. The molecule has 0 radical (unpaired) electrons. The molecule has 1 aliphatic heterocycles. The highest BCUT2D eigenvalue weighted by molar-refractivity contribution is 5.75. The predicted octanol–water partition coefficient (Wildman–Crippen LogP) is 1.95. The summed E-state index contributed by atoms with van der Waals surface area (Å²) in [6.45, 7) is 3.17. The molecule has 2 atom stereocenters. The maximum absolute atomic E-state index is 5.99. The van der Waals surface area contributed by atoms with Gasteiger partial charge < -0.3 is 10.6 Å². The first kappa shape index (κ1) is 11.4. The second-order valence-corrected chi connectivity index (χ2v) is 5.04. The number of nitrogens with zero attached hydrogens (tertiary/aromatic N) is 3. The summed E-state index contributed by atoms with van der Waals surface area (Å²) in [6.07, 6.45) is 3.92. The summed E-state index contributed by atoms with van der Waals surface area (Å²) < 4.78 is 0. The number of piperidine rings is 1. The standard InChI is InChI=1S/C14H18N4/c1-10-8-11(15)6-7-18(10)14-9-16-12-4-2-3-5-13(12)17-14/h2-5,9-11H,6-8,15H2,1H3. The van der Waals surface area contributed by atoms with E-state index in [0.29, 0.717) is 12.1 Å². The van der Waals surface area contributed by atoms with Crippen LogP contribution in [0.15, 0.2) is 30.5 Å². The Morgan fingerprint density at radius 2 is 2.06 bits per heavy atom. The molecule has 1 aliphatic rings. The molecular weight excluding hydrogens is 224 g/mol. The second-order valence-electron chi connectivity index (χ2n) is 5.04. The van der Waals surface area contributed by atoms with Crippen molar-refractivity contribution >= 4 is 16.9 Å². The number of fused-ring (bicyclic) bond motifs is 1. The second kappa shape index (κ2) is 4.53. The molecule has 2 heterocycles. The Bertz CT molecular complexity index is 554. The van der Waals surface area contributed by atoms with E-state index in [0.717, 1.165) is 36.2 Å². The van der Waals surface area contributed by atoms with Gasteiger partial charge in [-0.25, -0.2) is 4.98 Å². The maximum Gasteiger partial charge on any atom is 0.148 e. The van der Waals surface area contributed by atoms with Crippen molar-refractivity contribution in [2.75, 3.05) is 11.4 Å². The third kappa shape index (κ3) is 2.04. The van der Waals surface area contributed by atoms with Crippen LogP contribution >= 0.6 is 0 Å². The third-order valence-electron chi connectivity index (χ3n) is 3.65. The van der Waals surface area contributed by atoms with Crippen molar-refractivity contribution in [1.82, 2.24) is 9.97 Å². The van der Waals surface area contributed by atoms with Gasteiger partial charge in [0, 0.05) is 18.6 Å². The van der Waals surface area contributed by atoms with Gasteiger partial charge in [-0.15, -0.1) is 0 Å². The molecule has 1 aromatic heterocycles. The van der Waals surface area contributed by atoms with Crippen LogP contribution in [0.2, 0.25) is 0 Å². The molecule has 18 heavy (non-hydrogen) atoms. The molecule has 0 spiro atoms. The average molecular weight is 242 g/mol. The predicted molar refractivity (Wildman–Crippen MR) is 73.6 cm³/mol. The van der Waals surface area contributed by atoms with Crippen molar-refractivity contribution < 1.29 is 0 Å². The van der Waals surface area contributed by atoms with Crippen LogP contribution < -0.4 is 10.6 Å². The van der Waals surface area contributed by atoms with E-state index < -0.39 is 0 Å². The maximum atomic E-state index is 5.99. The minimum absolute atomic E-state index is 0.324. The zero-order valence-electron chi connectivity index (χ0n) is 10.6. The molecule has 4 nitrogen and oxygen atoms in total. The van der Waals surface area contributed by atoms with Crippen molar-refractivity contribution in [1.29, 1.82) is 0 Å². The van der Waals surface area contributed by atoms with Gasteiger partial charge in [0.2, 0.25) is 0 Å². The molecule has 0 bridgehead atoms. The first-order valence-corrected chi connectivity index (χ1v) is 6.48. The largest absolute Gasteiger partial charge is 0.352 e. The lowest BCUT2D eigenvalue weighted by Gasteiger charge is -2.37. The van der Waals surface area contributed by atoms with Crippen molar-refractivity contribution in [2.45, 2.75) is 31.8 Å². The lowest BCUT2D eigenvalue weighted by Crippen LogP contribution is -2.46. The Morgan fingerprint density at radius 3 is 2.83 bits per heavy atom. The Hall–Kier alpha value is -1.68. The van der Waals surface area contributed by atoms with Crippen LogP contribution in [0.25, 0.3) is 11.0 Å². The van der Waals surface area contributed by atoms with Crippen molar-refractivity contribution in [2.24, 2.45) is 5.73 Å². The summed E-state index contributed by atoms with van der Waals surface area (Å²) in [6, 6.07) is 8.73. The Kier molecular flexibility index (Phi) is 2.88. The van der Waals surface area contributed by atoms with Gasteiger partial charge in [-0.1, -0.05) is 12.1 Å². The van der Waals surface area contributed by atoms with Crippen LogP contribution in [0, 0.1) is 0 Å². The summed E-state index contributed by atoms with van der Waals surface area (Å²) in [5, 5.41) is 0. The fourth-order valence-corrected chi connectivity index (χ4v) is 2.63. The lowest BCUT2D eigenvalue weighted by atomic mass is 9.99. The van der Waals surface area contributed by atoms with E-state index in [2.05, 4.69) is 16.8 Å². The molecule has 4 heteroatoms. The molecule has 1 saturated heterocycles. The van der Waals surface area contributed by atoms with Crippen molar-refractivity contribution in [3.63, 3.8) is 0 Å². The molecule has 2 aromatic rings. The number of hydrogen-bond donors (Lipinski definition) is 1. The highest BCUT2D eigenvalue weighted by Crippen LogP contribution is 2.23. The van der Waals surface area contributed by atoms with Crippen molar-refractivity contribution in [3.8, 4) is 0 Å². The van der Waals surface area contributed by atoms with Gasteiger partial charge in [-0.3, -0.25) is 4.98 Å². The van der Waals surface area contributed by atoms with E-state index in [1.54, 1.807) is 0 Å². The van der Waals surface area contributed by atoms with Crippen LogP contribution in [-0.4, -0.2) is 28.6 Å². The quantitative estimate of drug-likeness (QED) is 0.830. The number of anilines is 1. The number of para-hydroxylation sites is 2. The minimum Gasteiger partial charge on any atom is -0.352 e. The van der Waals surface area contributed by atoms with Gasteiger partial charge in [0.25, 0.3) is 0 Å². The van der Waals surface area contributed by atoms with E-state index in [9.17, 15) is 0 Å². The normalized spacial score (nSPS) is 24.4. The Morgan fingerprint density at radius 1 is 1.28 bits per heavy atom.